The van der Waals surface area contributed by atoms with Crippen molar-refractivity contribution in [2.45, 2.75) is 45.6 Å². The molecule has 7 heteroatoms. The van der Waals surface area contributed by atoms with Crippen LogP contribution in [0.25, 0.3) is 0 Å². The summed E-state index contributed by atoms with van der Waals surface area (Å²) >= 11 is 0. The quantitative estimate of drug-likeness (QED) is 0.555. The normalized spacial score (nSPS) is 16.9. The summed E-state index contributed by atoms with van der Waals surface area (Å²) in [5.41, 5.74) is 2.08. The SMILES string of the molecule is CCNC(=NCc1ccnc(N2CCCCCC2)c1)Nc1ccc2c(c1)OCCCO2. The lowest BCUT2D eigenvalue weighted by Gasteiger charge is -2.21. The first kappa shape index (κ1) is 21.3. The predicted octanol–water partition coefficient (Wildman–Crippen LogP) is 4.20. The number of nitrogens with one attached hydrogen (secondary N) is 2. The van der Waals surface area contributed by atoms with Crippen LogP contribution in [-0.4, -0.2) is 43.8 Å². The Kier molecular flexibility index (Phi) is 7.47. The molecule has 0 unspecified atom stereocenters. The molecule has 1 saturated heterocycles. The van der Waals surface area contributed by atoms with Crippen LogP contribution in [-0.2, 0) is 6.54 Å². The summed E-state index contributed by atoms with van der Waals surface area (Å²) in [6, 6.07) is 10.1. The highest BCUT2D eigenvalue weighted by Gasteiger charge is 2.13. The van der Waals surface area contributed by atoms with Gasteiger partial charge in [-0.15, -0.1) is 0 Å². The molecule has 166 valence electrons. The molecule has 3 heterocycles. The lowest BCUT2D eigenvalue weighted by Crippen LogP contribution is -2.30. The van der Waals surface area contributed by atoms with Crippen LogP contribution in [0.15, 0.2) is 41.5 Å². The molecule has 4 rings (SSSR count). The molecule has 2 aliphatic heterocycles. The number of aliphatic imine (C=N–C) groups is 1. The van der Waals surface area contributed by atoms with Gasteiger partial charge in [0.05, 0.1) is 19.8 Å². The minimum absolute atomic E-state index is 0.587. The highest BCUT2D eigenvalue weighted by molar-refractivity contribution is 5.93. The van der Waals surface area contributed by atoms with Gasteiger partial charge in [0.1, 0.15) is 5.82 Å². The highest BCUT2D eigenvalue weighted by atomic mass is 16.5. The maximum absolute atomic E-state index is 5.80. The molecular formula is C24H33N5O2. The van der Waals surface area contributed by atoms with Crippen LogP contribution in [0.3, 0.4) is 0 Å². The Morgan fingerprint density at radius 3 is 2.61 bits per heavy atom. The molecule has 0 bridgehead atoms. The van der Waals surface area contributed by atoms with Gasteiger partial charge in [0.15, 0.2) is 17.5 Å². The number of aromatic nitrogens is 1. The molecule has 2 aliphatic rings. The number of fused-ring (bicyclic) bond motifs is 1. The van der Waals surface area contributed by atoms with E-state index in [0.29, 0.717) is 19.8 Å². The molecule has 0 spiro atoms. The van der Waals surface area contributed by atoms with E-state index in [1.165, 1.54) is 25.7 Å². The zero-order valence-electron chi connectivity index (χ0n) is 18.4. The van der Waals surface area contributed by atoms with Crippen molar-refractivity contribution < 1.29 is 9.47 Å². The summed E-state index contributed by atoms with van der Waals surface area (Å²) in [5.74, 6) is 3.37. The molecule has 0 amide bonds. The number of pyridine rings is 1. The van der Waals surface area contributed by atoms with E-state index in [1.54, 1.807) is 0 Å². The summed E-state index contributed by atoms with van der Waals surface area (Å²) in [4.78, 5) is 11.8. The second-order valence-corrected chi connectivity index (χ2v) is 7.96. The van der Waals surface area contributed by atoms with Crippen molar-refractivity contribution in [1.29, 1.82) is 0 Å². The average Bonchev–Trinajstić information content (AvgIpc) is 3.21. The number of nitrogens with zero attached hydrogens (tertiary/aromatic N) is 3. The van der Waals surface area contributed by atoms with E-state index < -0.39 is 0 Å². The van der Waals surface area contributed by atoms with Crippen LogP contribution < -0.4 is 25.0 Å². The topological polar surface area (TPSA) is 71.0 Å². The molecule has 0 saturated carbocycles. The van der Waals surface area contributed by atoms with E-state index >= 15 is 0 Å². The van der Waals surface area contributed by atoms with Gasteiger partial charge in [-0.05, 0) is 49.6 Å². The van der Waals surface area contributed by atoms with Crippen LogP contribution >= 0.6 is 0 Å². The molecule has 31 heavy (non-hydrogen) atoms. The Morgan fingerprint density at radius 2 is 1.81 bits per heavy atom. The summed E-state index contributed by atoms with van der Waals surface area (Å²) in [6.45, 7) is 6.98. The maximum atomic E-state index is 5.80. The first-order chi connectivity index (χ1) is 15.3. The summed E-state index contributed by atoms with van der Waals surface area (Å²) in [5, 5.41) is 6.71. The molecule has 1 aromatic heterocycles. The molecule has 2 aromatic rings. The number of ether oxygens (including phenoxy) is 2. The van der Waals surface area contributed by atoms with Gasteiger partial charge in [0.2, 0.25) is 0 Å². The lowest BCUT2D eigenvalue weighted by molar-refractivity contribution is 0.297. The summed E-state index contributed by atoms with van der Waals surface area (Å²) < 4.78 is 11.5. The van der Waals surface area contributed by atoms with Crippen LogP contribution in [0.4, 0.5) is 11.5 Å². The molecule has 1 aromatic carbocycles. The molecule has 1 fully saturated rings. The third kappa shape index (κ3) is 6.03. The average molecular weight is 424 g/mol. The zero-order chi connectivity index (χ0) is 21.3. The van der Waals surface area contributed by atoms with Gasteiger partial charge < -0.3 is 25.0 Å². The predicted molar refractivity (Wildman–Crippen MR) is 125 cm³/mol. The minimum atomic E-state index is 0.587. The summed E-state index contributed by atoms with van der Waals surface area (Å²) in [7, 11) is 0. The number of benzene rings is 1. The third-order valence-electron chi connectivity index (χ3n) is 5.51. The van der Waals surface area contributed by atoms with Gasteiger partial charge in [-0.3, -0.25) is 0 Å². The van der Waals surface area contributed by atoms with Crippen molar-refractivity contribution >= 4 is 17.5 Å². The maximum Gasteiger partial charge on any atom is 0.196 e. The number of guanidine groups is 1. The smallest absolute Gasteiger partial charge is 0.196 e. The number of hydrogen-bond acceptors (Lipinski definition) is 5. The van der Waals surface area contributed by atoms with Crippen LogP contribution in [0, 0.1) is 0 Å². The van der Waals surface area contributed by atoms with Gasteiger partial charge in [-0.25, -0.2) is 9.98 Å². The van der Waals surface area contributed by atoms with Gasteiger partial charge in [-0.1, -0.05) is 12.8 Å². The highest BCUT2D eigenvalue weighted by Crippen LogP contribution is 2.32. The third-order valence-corrected chi connectivity index (χ3v) is 5.51. The number of rotatable bonds is 5. The summed E-state index contributed by atoms with van der Waals surface area (Å²) in [6.07, 6.45) is 7.92. The van der Waals surface area contributed by atoms with Gasteiger partial charge in [0, 0.05) is 44.0 Å². The van der Waals surface area contributed by atoms with Crippen molar-refractivity contribution in [2.75, 3.05) is 43.1 Å². The fourth-order valence-electron chi connectivity index (χ4n) is 3.89. The van der Waals surface area contributed by atoms with Crippen LogP contribution in [0.5, 0.6) is 11.5 Å². The fraction of sp³-hybridized carbons (Fsp3) is 0.500. The largest absolute Gasteiger partial charge is 0.490 e. The van der Waals surface area contributed by atoms with E-state index in [-0.39, 0.29) is 0 Å². The standard InChI is InChI=1S/C24H33N5O2/c1-2-25-24(28-20-8-9-21-22(17-20)31-15-7-14-30-21)27-18-19-10-11-26-23(16-19)29-12-5-3-4-6-13-29/h8-11,16-17H,2-7,12-15,18H2,1H3,(H2,25,27,28). The molecule has 0 radical (unpaired) electrons. The van der Waals surface area contributed by atoms with E-state index in [4.69, 9.17) is 14.5 Å². The molecule has 7 nitrogen and oxygen atoms in total. The van der Waals surface area contributed by atoms with Crippen molar-refractivity contribution in [2.24, 2.45) is 4.99 Å². The van der Waals surface area contributed by atoms with E-state index in [9.17, 15) is 0 Å². The second-order valence-electron chi connectivity index (χ2n) is 7.96. The van der Waals surface area contributed by atoms with Gasteiger partial charge >= 0.3 is 0 Å². The second kappa shape index (κ2) is 10.9. The first-order valence-corrected chi connectivity index (χ1v) is 11.5. The van der Waals surface area contributed by atoms with E-state index in [2.05, 4.69) is 33.5 Å². The van der Waals surface area contributed by atoms with Crippen LogP contribution in [0.2, 0.25) is 0 Å². The molecule has 2 N–H and O–H groups in total. The Labute approximate surface area is 184 Å². The van der Waals surface area contributed by atoms with E-state index in [1.807, 2.05) is 30.5 Å². The van der Waals surface area contributed by atoms with E-state index in [0.717, 1.165) is 60.6 Å². The monoisotopic (exact) mass is 423 g/mol. The van der Waals surface area contributed by atoms with Gasteiger partial charge in [-0.2, -0.15) is 0 Å². The van der Waals surface area contributed by atoms with Crippen molar-refractivity contribution in [3.63, 3.8) is 0 Å². The van der Waals surface area contributed by atoms with Crippen molar-refractivity contribution in [1.82, 2.24) is 10.3 Å². The van der Waals surface area contributed by atoms with Crippen LogP contribution in [0.1, 0.15) is 44.6 Å². The van der Waals surface area contributed by atoms with Crippen molar-refractivity contribution in [3.8, 4) is 11.5 Å². The minimum Gasteiger partial charge on any atom is -0.490 e. The van der Waals surface area contributed by atoms with Crippen molar-refractivity contribution in [3.05, 3.63) is 42.1 Å². The Hall–Kier alpha value is -2.96. The Balaban J connectivity index is 1.44. The molecule has 0 aliphatic carbocycles. The Morgan fingerprint density at radius 1 is 1.00 bits per heavy atom. The zero-order valence-corrected chi connectivity index (χ0v) is 18.4. The molecule has 0 atom stereocenters. The Bertz CT molecular complexity index is 878. The first-order valence-electron chi connectivity index (χ1n) is 11.5. The number of anilines is 2. The fourth-order valence-corrected chi connectivity index (χ4v) is 3.89. The number of hydrogen-bond donors (Lipinski definition) is 2. The van der Waals surface area contributed by atoms with Gasteiger partial charge in [0.25, 0.3) is 0 Å². The molecular weight excluding hydrogens is 390 g/mol. The lowest BCUT2D eigenvalue weighted by atomic mass is 10.2.